The van der Waals surface area contributed by atoms with Crippen molar-refractivity contribution in [2.45, 2.75) is 0 Å². The maximum absolute atomic E-state index is 9.79. The first-order valence-corrected chi connectivity index (χ1v) is 5.92. The highest BCUT2D eigenvalue weighted by Crippen LogP contribution is 2.35. The Hall–Kier alpha value is -2.68. The molecule has 1 aromatic heterocycles. The smallest absolute Gasteiger partial charge is 0.138 e. The van der Waals surface area contributed by atoms with Crippen LogP contribution in [0, 0.1) is 0 Å². The average Bonchev–Trinajstić information content (AvgIpc) is 2.89. The maximum Gasteiger partial charge on any atom is 0.138 e. The molecule has 1 heterocycles. The first-order chi connectivity index (χ1) is 9.25. The first-order valence-electron chi connectivity index (χ1n) is 5.92. The summed E-state index contributed by atoms with van der Waals surface area (Å²) >= 11 is 0. The topological polar surface area (TPSA) is 53.6 Å². The van der Waals surface area contributed by atoms with E-state index in [1.165, 1.54) is 0 Å². The minimum Gasteiger partial charge on any atom is -0.507 e. The molecule has 0 aliphatic rings. The van der Waals surface area contributed by atoms with E-state index in [2.05, 4.69) is 0 Å². The summed E-state index contributed by atoms with van der Waals surface area (Å²) in [5, 5.41) is 19.6. The van der Waals surface area contributed by atoms with Gasteiger partial charge in [-0.25, -0.2) is 0 Å². The Morgan fingerprint density at radius 1 is 0.579 bits per heavy atom. The molecule has 0 saturated heterocycles. The Morgan fingerprint density at radius 3 is 1.42 bits per heavy atom. The Balaban J connectivity index is 2.06. The number of phenols is 2. The standard InChI is InChI=1S/C16H12O3/c17-13-7-3-1-5-11(13)15-9-10-16(19-15)12-6-2-4-8-14(12)18/h1-10,17-18H. The SMILES string of the molecule is Oc1ccccc1-c1ccc(-c2ccccc2O)o1. The molecule has 0 amide bonds. The van der Waals surface area contributed by atoms with Crippen LogP contribution in [0.2, 0.25) is 0 Å². The Bertz CT molecular complexity index is 653. The third kappa shape index (κ3) is 2.06. The van der Waals surface area contributed by atoms with Crippen LogP contribution in [0.25, 0.3) is 22.6 Å². The van der Waals surface area contributed by atoms with Crippen molar-refractivity contribution >= 4 is 0 Å². The van der Waals surface area contributed by atoms with Gasteiger partial charge in [-0.3, -0.25) is 0 Å². The third-order valence-electron chi connectivity index (χ3n) is 2.95. The molecule has 2 aromatic carbocycles. The van der Waals surface area contributed by atoms with Crippen LogP contribution in [0.3, 0.4) is 0 Å². The van der Waals surface area contributed by atoms with E-state index in [-0.39, 0.29) is 11.5 Å². The molecule has 3 aromatic rings. The van der Waals surface area contributed by atoms with Gasteiger partial charge in [0.15, 0.2) is 0 Å². The first kappa shape index (κ1) is 11.4. The summed E-state index contributed by atoms with van der Waals surface area (Å²) in [6.07, 6.45) is 0. The van der Waals surface area contributed by atoms with E-state index in [9.17, 15) is 10.2 Å². The molecule has 19 heavy (non-hydrogen) atoms. The molecule has 3 rings (SSSR count). The van der Waals surface area contributed by atoms with Gasteiger partial charge in [0.1, 0.15) is 23.0 Å². The molecule has 0 aliphatic carbocycles. The van der Waals surface area contributed by atoms with Crippen molar-refractivity contribution in [3.63, 3.8) is 0 Å². The van der Waals surface area contributed by atoms with Gasteiger partial charge in [0.25, 0.3) is 0 Å². The van der Waals surface area contributed by atoms with Gasteiger partial charge >= 0.3 is 0 Å². The number of benzene rings is 2. The van der Waals surface area contributed by atoms with E-state index >= 15 is 0 Å². The van der Waals surface area contributed by atoms with E-state index in [1.807, 2.05) is 12.1 Å². The highest BCUT2D eigenvalue weighted by Gasteiger charge is 2.11. The summed E-state index contributed by atoms with van der Waals surface area (Å²) in [7, 11) is 0. The van der Waals surface area contributed by atoms with Gasteiger partial charge in [0.05, 0.1) is 11.1 Å². The molecule has 3 heteroatoms. The van der Waals surface area contributed by atoms with Crippen LogP contribution in [0.15, 0.2) is 65.1 Å². The Kier molecular flexibility index (Phi) is 2.72. The molecule has 3 nitrogen and oxygen atoms in total. The van der Waals surface area contributed by atoms with Crippen LogP contribution < -0.4 is 0 Å². The fraction of sp³-hybridized carbons (Fsp3) is 0. The molecular formula is C16H12O3. The summed E-state index contributed by atoms with van der Waals surface area (Å²) in [4.78, 5) is 0. The van der Waals surface area contributed by atoms with Crippen LogP contribution in [-0.4, -0.2) is 10.2 Å². The third-order valence-corrected chi connectivity index (χ3v) is 2.95. The van der Waals surface area contributed by atoms with E-state index in [0.29, 0.717) is 22.6 Å². The number of hydrogen-bond acceptors (Lipinski definition) is 3. The van der Waals surface area contributed by atoms with Gasteiger partial charge in [0, 0.05) is 0 Å². The van der Waals surface area contributed by atoms with Crippen LogP contribution in [0.5, 0.6) is 11.5 Å². The van der Waals surface area contributed by atoms with Gasteiger partial charge in [0.2, 0.25) is 0 Å². The summed E-state index contributed by atoms with van der Waals surface area (Å²) in [5.74, 6) is 1.47. The van der Waals surface area contributed by atoms with Gasteiger partial charge < -0.3 is 14.6 Å². The monoisotopic (exact) mass is 252 g/mol. The molecule has 0 saturated carbocycles. The summed E-state index contributed by atoms with van der Waals surface area (Å²) < 4.78 is 5.70. The van der Waals surface area contributed by atoms with E-state index in [4.69, 9.17) is 4.42 Å². The lowest BCUT2D eigenvalue weighted by Crippen LogP contribution is -1.76. The van der Waals surface area contributed by atoms with Crippen LogP contribution >= 0.6 is 0 Å². The lowest BCUT2D eigenvalue weighted by atomic mass is 10.1. The maximum atomic E-state index is 9.79. The van der Waals surface area contributed by atoms with Crippen LogP contribution in [0.4, 0.5) is 0 Å². The molecule has 0 unspecified atom stereocenters. The highest BCUT2D eigenvalue weighted by atomic mass is 16.3. The zero-order valence-electron chi connectivity index (χ0n) is 10.1. The van der Waals surface area contributed by atoms with Gasteiger partial charge in [-0.15, -0.1) is 0 Å². The van der Waals surface area contributed by atoms with Gasteiger partial charge in [-0.2, -0.15) is 0 Å². The van der Waals surface area contributed by atoms with Crippen molar-refractivity contribution in [3.05, 3.63) is 60.7 Å². The quantitative estimate of drug-likeness (QED) is 0.724. The Labute approximate surface area is 110 Å². The second kappa shape index (κ2) is 4.53. The van der Waals surface area contributed by atoms with E-state index in [0.717, 1.165) is 0 Å². The normalized spacial score (nSPS) is 10.5. The predicted octanol–water partition coefficient (Wildman–Crippen LogP) is 4.02. The van der Waals surface area contributed by atoms with Gasteiger partial charge in [-0.05, 0) is 36.4 Å². The van der Waals surface area contributed by atoms with Crippen molar-refractivity contribution in [1.29, 1.82) is 0 Å². The number of para-hydroxylation sites is 2. The average molecular weight is 252 g/mol. The van der Waals surface area contributed by atoms with Crippen molar-refractivity contribution in [2.75, 3.05) is 0 Å². The number of aromatic hydroxyl groups is 2. The van der Waals surface area contributed by atoms with E-state index in [1.54, 1.807) is 48.5 Å². The summed E-state index contributed by atoms with van der Waals surface area (Å²) in [5.41, 5.74) is 1.26. The molecule has 2 N–H and O–H groups in total. The number of rotatable bonds is 2. The lowest BCUT2D eigenvalue weighted by Gasteiger charge is -2.02. The van der Waals surface area contributed by atoms with Crippen molar-refractivity contribution in [3.8, 4) is 34.1 Å². The highest BCUT2D eigenvalue weighted by molar-refractivity contribution is 5.71. The van der Waals surface area contributed by atoms with Crippen molar-refractivity contribution < 1.29 is 14.6 Å². The van der Waals surface area contributed by atoms with Crippen LogP contribution in [0.1, 0.15) is 0 Å². The lowest BCUT2D eigenvalue weighted by molar-refractivity contribution is 0.471. The molecule has 0 radical (unpaired) electrons. The minimum atomic E-state index is 0.167. The zero-order valence-corrected chi connectivity index (χ0v) is 10.1. The summed E-state index contributed by atoms with van der Waals surface area (Å²) in [6, 6.07) is 17.5. The minimum absolute atomic E-state index is 0.167. The molecule has 0 fully saturated rings. The summed E-state index contributed by atoms with van der Waals surface area (Å²) in [6.45, 7) is 0. The molecule has 0 spiro atoms. The fourth-order valence-corrected chi connectivity index (χ4v) is 1.99. The number of phenolic OH excluding ortho intramolecular Hbond substituents is 2. The second-order valence-corrected chi connectivity index (χ2v) is 4.20. The largest absolute Gasteiger partial charge is 0.507 e. The second-order valence-electron chi connectivity index (χ2n) is 4.20. The van der Waals surface area contributed by atoms with Crippen molar-refractivity contribution in [1.82, 2.24) is 0 Å². The predicted molar refractivity (Wildman–Crippen MR) is 72.9 cm³/mol. The van der Waals surface area contributed by atoms with Crippen molar-refractivity contribution in [2.24, 2.45) is 0 Å². The molecule has 94 valence electrons. The molecular weight excluding hydrogens is 240 g/mol. The molecule has 0 aliphatic heterocycles. The van der Waals surface area contributed by atoms with Gasteiger partial charge in [-0.1, -0.05) is 24.3 Å². The zero-order chi connectivity index (χ0) is 13.2. The number of furan rings is 1. The van der Waals surface area contributed by atoms with Crippen LogP contribution in [-0.2, 0) is 0 Å². The molecule has 0 bridgehead atoms. The number of hydrogen-bond donors (Lipinski definition) is 2. The Morgan fingerprint density at radius 2 is 1.00 bits per heavy atom. The van der Waals surface area contributed by atoms with E-state index < -0.39 is 0 Å². The molecule has 0 atom stereocenters. The fourth-order valence-electron chi connectivity index (χ4n) is 1.99.